The summed E-state index contributed by atoms with van der Waals surface area (Å²) in [4.78, 5) is 55.9. The van der Waals surface area contributed by atoms with Gasteiger partial charge in [0.25, 0.3) is 11.8 Å². The monoisotopic (exact) mass is 714 g/mol. The van der Waals surface area contributed by atoms with Gasteiger partial charge < -0.3 is 14.3 Å². The first-order valence-electron chi connectivity index (χ1n) is 18.1. The molecule has 1 atom stereocenters. The van der Waals surface area contributed by atoms with Gasteiger partial charge in [0.1, 0.15) is 17.6 Å². The molecule has 270 valence electrons. The lowest BCUT2D eigenvalue weighted by Gasteiger charge is -2.37. The number of nitriles is 1. The summed E-state index contributed by atoms with van der Waals surface area (Å²) >= 11 is 0. The van der Waals surface area contributed by atoms with Gasteiger partial charge >= 0.3 is 0 Å². The molecule has 3 aliphatic heterocycles. The third-order valence-corrected chi connectivity index (χ3v) is 11.4. The highest BCUT2D eigenvalue weighted by Gasteiger charge is 2.46. The second-order valence-electron chi connectivity index (χ2n) is 14.8. The van der Waals surface area contributed by atoms with Crippen LogP contribution in [0, 0.1) is 43.8 Å². The maximum absolute atomic E-state index is 15.7. The van der Waals surface area contributed by atoms with Crippen molar-refractivity contribution in [1.29, 1.82) is 5.26 Å². The van der Waals surface area contributed by atoms with Gasteiger partial charge in [-0.05, 0) is 106 Å². The largest absolute Gasteiger partial charge is 0.369 e. The average Bonchev–Trinajstić information content (AvgIpc) is 3.83. The van der Waals surface area contributed by atoms with E-state index in [0.717, 1.165) is 81.7 Å². The van der Waals surface area contributed by atoms with Crippen molar-refractivity contribution in [2.45, 2.75) is 70.8 Å². The van der Waals surface area contributed by atoms with Crippen LogP contribution in [0.3, 0.4) is 0 Å². The third kappa shape index (κ3) is 5.94. The van der Waals surface area contributed by atoms with Gasteiger partial charge in [-0.15, -0.1) is 0 Å². The Morgan fingerprint density at radius 3 is 2.28 bits per heavy atom. The number of aryl methyl sites for hydroxylation is 3. The lowest BCUT2D eigenvalue weighted by Crippen LogP contribution is -2.54. The fourth-order valence-corrected chi connectivity index (χ4v) is 8.18. The number of fused-ring (bicyclic) bond motifs is 1. The molecule has 1 unspecified atom stereocenters. The Bertz CT molecular complexity index is 2210. The molecule has 0 spiro atoms. The van der Waals surface area contributed by atoms with Crippen LogP contribution in [-0.4, -0.2) is 59.4 Å². The molecule has 4 aromatic rings. The van der Waals surface area contributed by atoms with Crippen molar-refractivity contribution in [3.05, 3.63) is 94.1 Å². The maximum atomic E-state index is 15.7. The summed E-state index contributed by atoms with van der Waals surface area (Å²) in [6.07, 6.45) is 3.29. The molecular formula is C41H39FN6O5. The quantitative estimate of drug-likeness (QED) is 0.205. The molecule has 1 saturated carbocycles. The number of hydrogen-bond donors (Lipinski definition) is 1. The molecule has 4 aliphatic rings. The highest BCUT2D eigenvalue weighted by Crippen LogP contribution is 2.48. The highest BCUT2D eigenvalue weighted by atomic mass is 19.1. The van der Waals surface area contributed by atoms with E-state index in [9.17, 15) is 24.4 Å². The van der Waals surface area contributed by atoms with Crippen molar-refractivity contribution in [2.75, 3.05) is 29.4 Å². The second-order valence-corrected chi connectivity index (χ2v) is 14.8. The number of nitrogens with zero attached hydrogens (tertiary/aromatic N) is 5. The van der Waals surface area contributed by atoms with Crippen molar-refractivity contribution in [3.8, 4) is 17.2 Å². The van der Waals surface area contributed by atoms with Gasteiger partial charge in [0, 0.05) is 43.0 Å². The fourth-order valence-electron chi connectivity index (χ4n) is 8.18. The smallest absolute Gasteiger partial charge is 0.262 e. The summed E-state index contributed by atoms with van der Waals surface area (Å²) in [5, 5.41) is 16.2. The number of carbonyl (C=O) groups is 4. The summed E-state index contributed by atoms with van der Waals surface area (Å²) in [6, 6.07) is 18.6. The molecule has 1 aromatic heterocycles. The van der Waals surface area contributed by atoms with E-state index in [1.807, 2.05) is 18.7 Å². The van der Waals surface area contributed by atoms with Crippen molar-refractivity contribution in [3.63, 3.8) is 0 Å². The van der Waals surface area contributed by atoms with Gasteiger partial charge in [-0.25, -0.2) is 4.39 Å². The Kier molecular flexibility index (Phi) is 8.40. The number of rotatable bonds is 8. The first-order valence-corrected chi connectivity index (χ1v) is 18.1. The van der Waals surface area contributed by atoms with E-state index in [2.05, 4.69) is 70.8 Å². The first-order chi connectivity index (χ1) is 25.5. The Hall–Kier alpha value is -5.83. The summed E-state index contributed by atoms with van der Waals surface area (Å²) in [5.74, 6) is -2.16. The standard InChI is InChI=1S/C41H39FN6O5/c1-23-4-5-27(37-24(2)45-53-25(37)3)18-34(23)47(29-8-6-28(7-9-29)41(22-43)14-15-41)21-26-12-16-46(17-13-26)35-20-31-30(19-32(35)42)39(51)48(40(31)52)33-10-11-36(49)44-38(33)50/h4-9,18-20,26,33H,10-17,21H2,1-3H3,(H,44,49,50). The number of amides is 4. The summed E-state index contributed by atoms with van der Waals surface area (Å²) in [7, 11) is 0. The minimum atomic E-state index is -1.11. The SMILES string of the molecule is Cc1ccc(-c2c(C)noc2C)cc1N(CC1CCN(c2cc3c(cc2F)C(=O)N(C2CCC(=O)NC2=O)C3=O)CC1)c1ccc(C2(C#N)CC2)cc1. The zero-order valence-corrected chi connectivity index (χ0v) is 29.9. The highest BCUT2D eigenvalue weighted by molar-refractivity contribution is 6.23. The molecular weight excluding hydrogens is 675 g/mol. The van der Waals surface area contributed by atoms with Gasteiger partial charge in [0.2, 0.25) is 11.8 Å². The summed E-state index contributed by atoms with van der Waals surface area (Å²) < 4.78 is 21.2. The maximum Gasteiger partial charge on any atom is 0.262 e. The van der Waals surface area contributed by atoms with Crippen molar-refractivity contribution in [1.82, 2.24) is 15.4 Å². The van der Waals surface area contributed by atoms with Crippen molar-refractivity contribution >= 4 is 40.7 Å². The molecule has 4 heterocycles. The number of aromatic nitrogens is 1. The number of hydrogen-bond acceptors (Lipinski definition) is 9. The molecule has 2 saturated heterocycles. The average molecular weight is 715 g/mol. The van der Waals surface area contributed by atoms with Crippen molar-refractivity contribution in [2.24, 2.45) is 5.92 Å². The number of nitrogens with one attached hydrogen (secondary N) is 1. The lowest BCUT2D eigenvalue weighted by atomic mass is 9.93. The molecule has 53 heavy (non-hydrogen) atoms. The van der Waals surface area contributed by atoms with Gasteiger partial charge in [-0.3, -0.25) is 29.4 Å². The predicted molar refractivity (Wildman–Crippen MR) is 194 cm³/mol. The van der Waals surface area contributed by atoms with Gasteiger partial charge in [0.05, 0.1) is 34.0 Å². The van der Waals surface area contributed by atoms with Crippen molar-refractivity contribution < 1.29 is 28.1 Å². The molecule has 3 aromatic carbocycles. The molecule has 4 amide bonds. The van der Waals surface area contributed by atoms with Crippen LogP contribution in [0.25, 0.3) is 11.1 Å². The third-order valence-electron chi connectivity index (χ3n) is 11.4. The Morgan fingerprint density at radius 2 is 1.66 bits per heavy atom. The van der Waals surface area contributed by atoms with Crippen LogP contribution in [0.4, 0.5) is 21.5 Å². The van der Waals surface area contributed by atoms with Crippen LogP contribution in [0.1, 0.15) is 81.8 Å². The van der Waals surface area contributed by atoms with E-state index in [4.69, 9.17) is 4.52 Å². The number of imide groups is 2. The van der Waals surface area contributed by atoms with Gasteiger partial charge in [0.15, 0.2) is 0 Å². The van der Waals surface area contributed by atoms with E-state index in [1.54, 1.807) is 0 Å². The number of piperidine rings is 2. The molecule has 8 rings (SSSR count). The van der Waals surface area contributed by atoms with Crippen LogP contribution >= 0.6 is 0 Å². The number of carbonyl (C=O) groups excluding carboxylic acids is 4. The number of benzene rings is 3. The Labute approximate surface area is 306 Å². The zero-order chi connectivity index (χ0) is 37.2. The van der Waals surface area contributed by atoms with Crippen LogP contribution in [0.2, 0.25) is 0 Å². The van der Waals surface area contributed by atoms with Crippen LogP contribution < -0.4 is 15.1 Å². The van der Waals surface area contributed by atoms with E-state index >= 15 is 4.39 Å². The van der Waals surface area contributed by atoms with Crippen LogP contribution in [0.15, 0.2) is 59.1 Å². The van der Waals surface area contributed by atoms with E-state index < -0.39 is 35.5 Å². The first kappa shape index (κ1) is 34.3. The summed E-state index contributed by atoms with van der Waals surface area (Å²) in [6.45, 7) is 7.71. The Balaban J connectivity index is 1.04. The zero-order valence-electron chi connectivity index (χ0n) is 29.9. The van der Waals surface area contributed by atoms with E-state index in [0.29, 0.717) is 19.6 Å². The van der Waals surface area contributed by atoms with E-state index in [-0.39, 0.29) is 41.0 Å². The summed E-state index contributed by atoms with van der Waals surface area (Å²) in [5.41, 5.74) is 6.84. The predicted octanol–water partition coefficient (Wildman–Crippen LogP) is 6.42. The normalized spacial score (nSPS) is 19.6. The Morgan fingerprint density at radius 1 is 0.962 bits per heavy atom. The molecule has 1 aliphatic carbocycles. The fraction of sp³-hybridized carbons (Fsp3) is 0.366. The molecule has 0 radical (unpaired) electrons. The molecule has 0 bridgehead atoms. The van der Waals surface area contributed by atoms with Crippen LogP contribution in [-0.2, 0) is 15.0 Å². The van der Waals surface area contributed by atoms with Crippen LogP contribution in [0.5, 0.6) is 0 Å². The lowest BCUT2D eigenvalue weighted by molar-refractivity contribution is -0.136. The second kappa shape index (κ2) is 13.0. The molecule has 12 heteroatoms. The minimum absolute atomic E-state index is 0.00914. The van der Waals surface area contributed by atoms with Gasteiger partial charge in [-0.1, -0.05) is 29.4 Å². The molecule has 11 nitrogen and oxygen atoms in total. The number of halogens is 1. The van der Waals surface area contributed by atoms with Gasteiger partial charge in [-0.2, -0.15) is 5.26 Å². The minimum Gasteiger partial charge on any atom is -0.369 e. The molecule has 3 fully saturated rings. The number of anilines is 3. The topological polar surface area (TPSA) is 140 Å². The molecule has 1 N–H and O–H groups in total. The van der Waals surface area contributed by atoms with E-state index in [1.165, 1.54) is 6.07 Å².